The molecule has 1 fully saturated rings. The van der Waals surface area contributed by atoms with Crippen LogP contribution >= 0.6 is 0 Å². The number of hydrogen-bond acceptors (Lipinski definition) is 4. The number of anilines is 1. The molecule has 23 heavy (non-hydrogen) atoms. The predicted molar refractivity (Wildman–Crippen MR) is 92.4 cm³/mol. The fourth-order valence-corrected chi connectivity index (χ4v) is 3.47. The van der Waals surface area contributed by atoms with E-state index in [4.69, 9.17) is 4.98 Å². The van der Waals surface area contributed by atoms with Gasteiger partial charge in [-0.25, -0.2) is 15.0 Å². The third-order valence-corrected chi connectivity index (χ3v) is 4.81. The van der Waals surface area contributed by atoms with Crippen LogP contribution in [0.3, 0.4) is 0 Å². The van der Waals surface area contributed by atoms with Crippen LogP contribution in [0.4, 0.5) is 5.95 Å². The molecule has 3 aromatic rings. The zero-order valence-corrected chi connectivity index (χ0v) is 13.4. The Morgan fingerprint density at radius 2 is 1.96 bits per heavy atom. The molecule has 1 aliphatic rings. The van der Waals surface area contributed by atoms with E-state index in [9.17, 15) is 0 Å². The first-order valence-corrected chi connectivity index (χ1v) is 8.31. The average Bonchev–Trinajstić information content (AvgIpc) is 3.06. The van der Waals surface area contributed by atoms with Crippen molar-refractivity contribution in [2.45, 2.75) is 38.1 Å². The lowest BCUT2D eigenvalue weighted by Crippen LogP contribution is -2.34. The Balaban J connectivity index is 1.68. The lowest BCUT2D eigenvalue weighted by molar-refractivity contribution is 0.424. The maximum absolute atomic E-state index is 4.81. The quantitative estimate of drug-likeness (QED) is 0.800. The molecule has 5 nitrogen and oxygen atoms in total. The van der Waals surface area contributed by atoms with E-state index in [2.05, 4.69) is 33.0 Å². The summed E-state index contributed by atoms with van der Waals surface area (Å²) in [6.07, 6.45) is 12.1. The summed E-state index contributed by atoms with van der Waals surface area (Å²) in [5.41, 5.74) is 2.91. The topological polar surface area (TPSA) is 57.7 Å². The Kier molecular flexibility index (Phi) is 3.69. The summed E-state index contributed by atoms with van der Waals surface area (Å²) >= 11 is 0. The standard InChI is InChI=1S/C18H21N5/c1-23(13-6-3-2-4-7-13)18-20-11-9-16(22-18)15-12-21-17-14(15)8-5-10-19-17/h5,8-13H,2-4,6-7H2,1H3,(H,19,21). The minimum absolute atomic E-state index is 0.559. The van der Waals surface area contributed by atoms with Crippen molar-refractivity contribution in [3.63, 3.8) is 0 Å². The van der Waals surface area contributed by atoms with Gasteiger partial charge in [0, 0.05) is 42.6 Å². The molecule has 118 valence electrons. The molecule has 0 unspecified atom stereocenters. The SMILES string of the molecule is CN(c1nccc(-c2c[nH]c3ncccc23)n1)C1CCCCC1. The van der Waals surface area contributed by atoms with Crippen LogP contribution in [0.25, 0.3) is 22.3 Å². The molecule has 0 spiro atoms. The van der Waals surface area contributed by atoms with Crippen molar-refractivity contribution in [2.75, 3.05) is 11.9 Å². The third kappa shape index (κ3) is 2.67. The molecule has 3 heterocycles. The second-order valence-electron chi connectivity index (χ2n) is 6.25. The predicted octanol–water partition coefficient (Wildman–Crippen LogP) is 3.79. The smallest absolute Gasteiger partial charge is 0.225 e. The van der Waals surface area contributed by atoms with Gasteiger partial charge in [-0.15, -0.1) is 0 Å². The van der Waals surface area contributed by atoms with Crippen molar-refractivity contribution in [1.29, 1.82) is 0 Å². The van der Waals surface area contributed by atoms with E-state index in [1.54, 1.807) is 6.20 Å². The molecule has 1 saturated carbocycles. The number of H-pyrrole nitrogens is 1. The van der Waals surface area contributed by atoms with Gasteiger partial charge < -0.3 is 9.88 Å². The highest BCUT2D eigenvalue weighted by molar-refractivity contribution is 5.92. The van der Waals surface area contributed by atoms with E-state index in [0.29, 0.717) is 6.04 Å². The Bertz CT molecular complexity index is 804. The third-order valence-electron chi connectivity index (χ3n) is 4.81. The van der Waals surface area contributed by atoms with Crippen LogP contribution in [0.2, 0.25) is 0 Å². The van der Waals surface area contributed by atoms with Gasteiger partial charge in [-0.3, -0.25) is 0 Å². The fourth-order valence-electron chi connectivity index (χ4n) is 3.47. The highest BCUT2D eigenvalue weighted by atomic mass is 15.2. The number of rotatable bonds is 3. The van der Waals surface area contributed by atoms with Gasteiger partial charge in [0.25, 0.3) is 0 Å². The van der Waals surface area contributed by atoms with Crippen LogP contribution in [-0.2, 0) is 0 Å². The minimum atomic E-state index is 0.559. The molecule has 0 aromatic carbocycles. The first-order valence-electron chi connectivity index (χ1n) is 8.31. The number of pyridine rings is 1. The number of aromatic amines is 1. The molecule has 1 aliphatic carbocycles. The highest BCUT2D eigenvalue weighted by Gasteiger charge is 2.20. The first kappa shape index (κ1) is 14.2. The maximum atomic E-state index is 4.81. The van der Waals surface area contributed by atoms with Crippen LogP contribution in [0.5, 0.6) is 0 Å². The van der Waals surface area contributed by atoms with Crippen LogP contribution < -0.4 is 4.90 Å². The Morgan fingerprint density at radius 3 is 2.83 bits per heavy atom. The molecule has 0 atom stereocenters. The van der Waals surface area contributed by atoms with Gasteiger partial charge in [-0.1, -0.05) is 19.3 Å². The first-order chi connectivity index (χ1) is 11.3. The highest BCUT2D eigenvalue weighted by Crippen LogP contribution is 2.28. The lowest BCUT2D eigenvalue weighted by atomic mass is 9.95. The normalized spacial score (nSPS) is 15.9. The minimum Gasteiger partial charge on any atom is -0.345 e. The molecule has 5 heteroatoms. The van der Waals surface area contributed by atoms with E-state index < -0.39 is 0 Å². The van der Waals surface area contributed by atoms with Crippen LogP contribution in [0.1, 0.15) is 32.1 Å². The van der Waals surface area contributed by atoms with Gasteiger partial charge in [0.05, 0.1) is 5.69 Å². The molecule has 4 rings (SSSR count). The second kappa shape index (κ2) is 5.99. The van der Waals surface area contributed by atoms with Gasteiger partial charge in [0.2, 0.25) is 5.95 Å². The van der Waals surface area contributed by atoms with Crippen molar-refractivity contribution >= 4 is 17.0 Å². The molecule has 0 bridgehead atoms. The second-order valence-corrected chi connectivity index (χ2v) is 6.25. The van der Waals surface area contributed by atoms with E-state index >= 15 is 0 Å². The Morgan fingerprint density at radius 1 is 1.09 bits per heavy atom. The monoisotopic (exact) mass is 307 g/mol. The summed E-state index contributed by atoms with van der Waals surface area (Å²) in [6.45, 7) is 0. The van der Waals surface area contributed by atoms with Crippen LogP contribution in [0.15, 0.2) is 36.8 Å². The Labute approximate surface area is 135 Å². The van der Waals surface area contributed by atoms with Gasteiger partial charge in [0.1, 0.15) is 5.65 Å². The lowest BCUT2D eigenvalue weighted by Gasteiger charge is -2.31. The summed E-state index contributed by atoms with van der Waals surface area (Å²) in [4.78, 5) is 19.1. The van der Waals surface area contributed by atoms with Crippen molar-refractivity contribution in [1.82, 2.24) is 19.9 Å². The zero-order chi connectivity index (χ0) is 15.6. The molecule has 0 saturated heterocycles. The largest absolute Gasteiger partial charge is 0.345 e. The van der Waals surface area contributed by atoms with Crippen molar-refractivity contribution in [3.05, 3.63) is 36.8 Å². The fraction of sp³-hybridized carbons (Fsp3) is 0.389. The van der Waals surface area contributed by atoms with Crippen molar-refractivity contribution in [2.24, 2.45) is 0 Å². The Hall–Kier alpha value is -2.43. The van der Waals surface area contributed by atoms with Crippen LogP contribution in [-0.4, -0.2) is 33.0 Å². The molecule has 1 N–H and O–H groups in total. The zero-order valence-electron chi connectivity index (χ0n) is 13.4. The molecule has 0 radical (unpaired) electrons. The summed E-state index contributed by atoms with van der Waals surface area (Å²) in [5, 5.41) is 1.09. The van der Waals surface area contributed by atoms with Crippen molar-refractivity contribution in [3.8, 4) is 11.3 Å². The van der Waals surface area contributed by atoms with E-state index in [-0.39, 0.29) is 0 Å². The van der Waals surface area contributed by atoms with Gasteiger partial charge in [-0.05, 0) is 31.0 Å². The number of aromatic nitrogens is 4. The molecular formula is C18H21N5. The van der Waals surface area contributed by atoms with Gasteiger partial charge in [-0.2, -0.15) is 0 Å². The van der Waals surface area contributed by atoms with Gasteiger partial charge in [0.15, 0.2) is 0 Å². The molecule has 3 aromatic heterocycles. The number of fused-ring (bicyclic) bond motifs is 1. The summed E-state index contributed by atoms with van der Waals surface area (Å²) < 4.78 is 0. The number of hydrogen-bond donors (Lipinski definition) is 1. The van der Waals surface area contributed by atoms with Crippen LogP contribution in [0, 0.1) is 0 Å². The van der Waals surface area contributed by atoms with E-state index in [1.165, 1.54) is 32.1 Å². The van der Waals surface area contributed by atoms with E-state index in [0.717, 1.165) is 28.2 Å². The molecule has 0 amide bonds. The molecule has 0 aliphatic heterocycles. The van der Waals surface area contributed by atoms with Crippen molar-refractivity contribution < 1.29 is 0 Å². The maximum Gasteiger partial charge on any atom is 0.225 e. The summed E-state index contributed by atoms with van der Waals surface area (Å²) in [6, 6.07) is 6.55. The summed E-state index contributed by atoms with van der Waals surface area (Å²) in [7, 11) is 2.12. The average molecular weight is 307 g/mol. The van der Waals surface area contributed by atoms with E-state index in [1.807, 2.05) is 24.5 Å². The number of nitrogens with zero attached hydrogens (tertiary/aromatic N) is 4. The molecular weight excluding hydrogens is 286 g/mol. The summed E-state index contributed by atoms with van der Waals surface area (Å²) in [5.74, 6) is 0.813. The van der Waals surface area contributed by atoms with Gasteiger partial charge >= 0.3 is 0 Å². The number of nitrogens with one attached hydrogen (secondary N) is 1.